The first-order valence-corrected chi connectivity index (χ1v) is 12.4. The Bertz CT molecular complexity index is 1010. The highest BCUT2D eigenvalue weighted by Crippen LogP contribution is 2.30. The molecule has 1 aliphatic rings. The quantitative estimate of drug-likeness (QED) is 0.313. The van der Waals surface area contributed by atoms with Crippen molar-refractivity contribution >= 4 is 12.4 Å². The van der Waals surface area contributed by atoms with Crippen LogP contribution < -0.4 is 10.1 Å². The zero-order valence-electron chi connectivity index (χ0n) is 20.9. The van der Waals surface area contributed by atoms with E-state index in [1.54, 1.807) is 0 Å². The van der Waals surface area contributed by atoms with Crippen LogP contribution in [0.1, 0.15) is 46.6 Å². The highest BCUT2D eigenvalue weighted by atomic mass is 35.5. The molecule has 4 nitrogen and oxygen atoms in total. The third-order valence-electron chi connectivity index (χ3n) is 6.50. The van der Waals surface area contributed by atoms with Gasteiger partial charge in [-0.2, -0.15) is 0 Å². The van der Waals surface area contributed by atoms with E-state index in [2.05, 4.69) is 73.8 Å². The fourth-order valence-electron chi connectivity index (χ4n) is 4.52. The highest BCUT2D eigenvalue weighted by Gasteiger charge is 2.27. The maximum Gasteiger partial charge on any atom is 0.119 e. The second-order valence-electron chi connectivity index (χ2n) is 9.19. The molecule has 0 aliphatic carbocycles. The Hall–Kier alpha value is -2.37. The van der Waals surface area contributed by atoms with Gasteiger partial charge in [0.05, 0.1) is 32.5 Å². The van der Waals surface area contributed by atoms with Gasteiger partial charge in [-0.25, -0.2) is 0 Å². The lowest BCUT2D eigenvalue weighted by Gasteiger charge is -2.32. The minimum Gasteiger partial charge on any atom is -0.494 e. The van der Waals surface area contributed by atoms with Gasteiger partial charge in [-0.3, -0.25) is 0 Å². The summed E-state index contributed by atoms with van der Waals surface area (Å²) in [4.78, 5) is 0. The molecule has 0 radical (unpaired) electrons. The van der Waals surface area contributed by atoms with Crippen molar-refractivity contribution < 1.29 is 14.2 Å². The molecule has 1 fully saturated rings. The van der Waals surface area contributed by atoms with Gasteiger partial charge in [0.1, 0.15) is 5.75 Å². The van der Waals surface area contributed by atoms with Gasteiger partial charge >= 0.3 is 0 Å². The van der Waals surface area contributed by atoms with Crippen LogP contribution in [0.5, 0.6) is 5.75 Å². The first kappa shape index (κ1) is 27.2. The van der Waals surface area contributed by atoms with Crippen LogP contribution in [0.3, 0.4) is 0 Å². The zero-order chi connectivity index (χ0) is 23.6. The summed E-state index contributed by atoms with van der Waals surface area (Å²) in [7, 11) is 0. The molecule has 1 N–H and O–H groups in total. The SMILES string of the molecule is Cc1ccc(COC2CNCCC2c2ccc(OCCCOCc3ccccc3)cc2)c(C)c1.Cl. The number of hydrogen-bond donors (Lipinski definition) is 1. The topological polar surface area (TPSA) is 39.7 Å². The summed E-state index contributed by atoms with van der Waals surface area (Å²) in [5.41, 5.74) is 6.39. The van der Waals surface area contributed by atoms with Crippen molar-refractivity contribution in [1.82, 2.24) is 5.32 Å². The number of halogens is 1. The average Bonchev–Trinajstić information content (AvgIpc) is 2.87. The van der Waals surface area contributed by atoms with Crippen molar-refractivity contribution in [1.29, 1.82) is 0 Å². The van der Waals surface area contributed by atoms with Gasteiger partial charge in [-0.1, -0.05) is 66.2 Å². The Morgan fingerprint density at radius 1 is 0.886 bits per heavy atom. The van der Waals surface area contributed by atoms with E-state index in [1.807, 2.05) is 18.2 Å². The molecule has 0 amide bonds. The van der Waals surface area contributed by atoms with Crippen molar-refractivity contribution in [2.45, 2.75) is 51.9 Å². The largest absolute Gasteiger partial charge is 0.494 e. The number of rotatable bonds is 11. The van der Waals surface area contributed by atoms with Crippen LogP contribution in [0.2, 0.25) is 0 Å². The molecule has 4 rings (SSSR count). The molecule has 1 heterocycles. The molecule has 5 heteroatoms. The Balaban J connectivity index is 0.00000342. The van der Waals surface area contributed by atoms with Gasteiger partial charge in [0.15, 0.2) is 0 Å². The van der Waals surface area contributed by atoms with E-state index in [9.17, 15) is 0 Å². The molecular formula is C30H38ClNO3. The highest BCUT2D eigenvalue weighted by molar-refractivity contribution is 5.85. The summed E-state index contributed by atoms with van der Waals surface area (Å²) >= 11 is 0. The minimum absolute atomic E-state index is 0. The number of nitrogens with one attached hydrogen (secondary N) is 1. The lowest BCUT2D eigenvalue weighted by molar-refractivity contribution is 0.0104. The normalized spacial score (nSPS) is 17.5. The van der Waals surface area contributed by atoms with E-state index in [1.165, 1.54) is 27.8 Å². The predicted molar refractivity (Wildman–Crippen MR) is 145 cm³/mol. The van der Waals surface area contributed by atoms with Gasteiger partial charge < -0.3 is 19.5 Å². The molecule has 188 valence electrons. The monoisotopic (exact) mass is 495 g/mol. The average molecular weight is 496 g/mol. The number of hydrogen-bond acceptors (Lipinski definition) is 4. The van der Waals surface area contributed by atoms with Gasteiger partial charge in [-0.15, -0.1) is 12.4 Å². The number of piperidine rings is 1. The van der Waals surface area contributed by atoms with Crippen LogP contribution in [-0.2, 0) is 22.7 Å². The third-order valence-corrected chi connectivity index (χ3v) is 6.50. The molecular weight excluding hydrogens is 458 g/mol. The Labute approximate surface area is 216 Å². The van der Waals surface area contributed by atoms with Crippen LogP contribution in [-0.4, -0.2) is 32.4 Å². The van der Waals surface area contributed by atoms with Crippen LogP contribution in [0.4, 0.5) is 0 Å². The summed E-state index contributed by atoms with van der Waals surface area (Å²) in [6, 6.07) is 25.4. The second kappa shape index (κ2) is 14.3. The maximum absolute atomic E-state index is 6.41. The lowest BCUT2D eigenvalue weighted by atomic mass is 9.87. The van der Waals surface area contributed by atoms with Crippen molar-refractivity contribution in [2.75, 3.05) is 26.3 Å². The van der Waals surface area contributed by atoms with Crippen LogP contribution in [0.15, 0.2) is 72.8 Å². The van der Waals surface area contributed by atoms with Gasteiger partial charge in [0.2, 0.25) is 0 Å². The van der Waals surface area contributed by atoms with Crippen LogP contribution in [0.25, 0.3) is 0 Å². The van der Waals surface area contributed by atoms with E-state index >= 15 is 0 Å². The Morgan fingerprint density at radius 2 is 1.69 bits per heavy atom. The fourth-order valence-corrected chi connectivity index (χ4v) is 4.52. The molecule has 1 saturated heterocycles. The molecule has 3 aromatic carbocycles. The molecule has 2 unspecified atom stereocenters. The molecule has 0 saturated carbocycles. The van der Waals surface area contributed by atoms with Crippen molar-refractivity contribution in [2.24, 2.45) is 0 Å². The second-order valence-corrected chi connectivity index (χ2v) is 9.19. The predicted octanol–water partition coefficient (Wildman–Crippen LogP) is 6.37. The summed E-state index contributed by atoms with van der Waals surface area (Å²) < 4.78 is 18.1. The molecule has 0 bridgehead atoms. The van der Waals surface area contributed by atoms with E-state index in [4.69, 9.17) is 14.2 Å². The summed E-state index contributed by atoms with van der Waals surface area (Å²) in [5.74, 6) is 1.31. The standard InChI is InChI=1S/C30H37NO3.ClH/c1-23-9-10-27(24(2)19-23)22-34-30-20-31-16-15-29(30)26-11-13-28(14-12-26)33-18-6-17-32-21-25-7-4-3-5-8-25;/h3-5,7-14,19,29-31H,6,15-18,20-22H2,1-2H3;1H. The van der Waals surface area contributed by atoms with Crippen molar-refractivity contribution in [3.05, 3.63) is 101 Å². The first-order chi connectivity index (χ1) is 16.7. The molecule has 2 atom stereocenters. The van der Waals surface area contributed by atoms with Crippen LogP contribution >= 0.6 is 12.4 Å². The van der Waals surface area contributed by atoms with E-state index in [-0.39, 0.29) is 18.5 Å². The lowest BCUT2D eigenvalue weighted by Crippen LogP contribution is -2.41. The molecule has 1 aliphatic heterocycles. The fraction of sp³-hybridized carbons (Fsp3) is 0.400. The van der Waals surface area contributed by atoms with E-state index in [0.29, 0.717) is 32.3 Å². The Morgan fingerprint density at radius 3 is 2.46 bits per heavy atom. The molecule has 0 spiro atoms. The van der Waals surface area contributed by atoms with E-state index in [0.717, 1.165) is 31.7 Å². The molecule has 35 heavy (non-hydrogen) atoms. The zero-order valence-corrected chi connectivity index (χ0v) is 21.7. The van der Waals surface area contributed by atoms with Crippen molar-refractivity contribution in [3.63, 3.8) is 0 Å². The number of aryl methyl sites for hydroxylation is 2. The van der Waals surface area contributed by atoms with Gasteiger partial charge in [0.25, 0.3) is 0 Å². The number of benzene rings is 3. The van der Waals surface area contributed by atoms with E-state index < -0.39 is 0 Å². The van der Waals surface area contributed by atoms with Gasteiger partial charge in [-0.05, 0) is 61.2 Å². The molecule has 0 aromatic heterocycles. The van der Waals surface area contributed by atoms with Crippen molar-refractivity contribution in [3.8, 4) is 5.75 Å². The molecule has 3 aromatic rings. The maximum atomic E-state index is 6.41. The smallest absolute Gasteiger partial charge is 0.119 e. The summed E-state index contributed by atoms with van der Waals surface area (Å²) in [6.07, 6.45) is 2.12. The first-order valence-electron chi connectivity index (χ1n) is 12.4. The summed E-state index contributed by atoms with van der Waals surface area (Å²) in [5, 5.41) is 3.50. The number of ether oxygens (including phenoxy) is 3. The minimum atomic E-state index is 0. The van der Waals surface area contributed by atoms with Crippen LogP contribution in [0, 0.1) is 13.8 Å². The van der Waals surface area contributed by atoms with Gasteiger partial charge in [0, 0.05) is 18.9 Å². The third kappa shape index (κ3) is 8.36. The summed E-state index contributed by atoms with van der Waals surface area (Å²) in [6.45, 7) is 8.86. The Kier molecular flexibility index (Phi) is 11.1.